The molecule has 0 aliphatic carbocycles. The third kappa shape index (κ3) is 2.90. The van der Waals surface area contributed by atoms with Crippen molar-refractivity contribution < 1.29 is 24.1 Å². The van der Waals surface area contributed by atoms with E-state index in [4.69, 9.17) is 14.2 Å². The summed E-state index contributed by atoms with van der Waals surface area (Å²) in [7, 11) is 1.58. The molecule has 1 aliphatic rings. The van der Waals surface area contributed by atoms with Gasteiger partial charge in [-0.1, -0.05) is 0 Å². The SMILES string of the molecule is COCCOc1cc(C(=O)O)cc2c1ncn2CC1CCO1. The first-order chi connectivity index (χ1) is 10.7. The molecule has 22 heavy (non-hydrogen) atoms. The molecule has 0 radical (unpaired) electrons. The van der Waals surface area contributed by atoms with Crippen LogP contribution in [0.1, 0.15) is 16.8 Å². The van der Waals surface area contributed by atoms with Crippen molar-refractivity contribution in [3.8, 4) is 5.75 Å². The molecule has 2 heterocycles. The van der Waals surface area contributed by atoms with Gasteiger partial charge in [-0.25, -0.2) is 9.78 Å². The van der Waals surface area contributed by atoms with E-state index in [1.165, 1.54) is 6.07 Å². The summed E-state index contributed by atoms with van der Waals surface area (Å²) in [6, 6.07) is 3.12. The van der Waals surface area contributed by atoms with Crippen LogP contribution < -0.4 is 4.74 Å². The standard InChI is InChI=1S/C15H18N2O5/c1-20-4-5-22-13-7-10(15(18)19)6-12-14(13)16-9-17(12)8-11-2-3-21-11/h6-7,9,11H,2-5,8H2,1H3,(H,18,19). The molecule has 2 aromatic rings. The minimum absolute atomic E-state index is 0.170. The lowest BCUT2D eigenvalue weighted by Crippen LogP contribution is -2.30. The lowest BCUT2D eigenvalue weighted by Gasteiger charge is -2.26. The van der Waals surface area contributed by atoms with Gasteiger partial charge >= 0.3 is 5.97 Å². The number of aromatic nitrogens is 2. The second kappa shape index (κ2) is 6.33. The minimum Gasteiger partial charge on any atom is -0.489 e. The summed E-state index contributed by atoms with van der Waals surface area (Å²) in [6.07, 6.45) is 2.88. The van der Waals surface area contributed by atoms with Gasteiger partial charge in [-0.15, -0.1) is 0 Å². The number of fused-ring (bicyclic) bond motifs is 1. The van der Waals surface area contributed by atoms with E-state index in [1.54, 1.807) is 19.5 Å². The first-order valence-electron chi connectivity index (χ1n) is 7.14. The molecule has 0 amide bonds. The predicted octanol–water partition coefficient (Wildman–Crippen LogP) is 1.55. The topological polar surface area (TPSA) is 82.8 Å². The molecule has 1 aliphatic heterocycles. The van der Waals surface area contributed by atoms with Gasteiger partial charge in [0.1, 0.15) is 17.9 Å². The first-order valence-corrected chi connectivity index (χ1v) is 7.14. The Bertz CT molecular complexity index is 678. The van der Waals surface area contributed by atoms with E-state index < -0.39 is 5.97 Å². The molecular formula is C15H18N2O5. The Morgan fingerprint density at radius 3 is 2.95 bits per heavy atom. The second-order valence-electron chi connectivity index (χ2n) is 5.17. The van der Waals surface area contributed by atoms with E-state index in [1.807, 2.05) is 4.57 Å². The number of benzene rings is 1. The predicted molar refractivity (Wildman–Crippen MR) is 78.4 cm³/mol. The van der Waals surface area contributed by atoms with Crippen molar-refractivity contribution in [2.75, 3.05) is 26.9 Å². The van der Waals surface area contributed by atoms with Crippen molar-refractivity contribution in [1.82, 2.24) is 9.55 Å². The fourth-order valence-electron chi connectivity index (χ4n) is 2.39. The number of imidazole rings is 1. The quantitative estimate of drug-likeness (QED) is 0.781. The van der Waals surface area contributed by atoms with Crippen molar-refractivity contribution in [3.63, 3.8) is 0 Å². The molecule has 1 fully saturated rings. The number of nitrogens with zero attached hydrogens (tertiary/aromatic N) is 2. The number of ether oxygens (including phenoxy) is 3. The van der Waals surface area contributed by atoms with Crippen molar-refractivity contribution in [2.24, 2.45) is 0 Å². The van der Waals surface area contributed by atoms with Gasteiger partial charge in [0.25, 0.3) is 0 Å². The molecule has 118 valence electrons. The zero-order valence-corrected chi connectivity index (χ0v) is 12.3. The Balaban J connectivity index is 1.95. The van der Waals surface area contributed by atoms with Gasteiger partial charge in [0.15, 0.2) is 0 Å². The summed E-state index contributed by atoms with van der Waals surface area (Å²) in [5.74, 6) is -0.536. The smallest absolute Gasteiger partial charge is 0.335 e. The summed E-state index contributed by atoms with van der Waals surface area (Å²) < 4.78 is 17.9. The van der Waals surface area contributed by atoms with Crippen LogP contribution >= 0.6 is 0 Å². The van der Waals surface area contributed by atoms with Gasteiger partial charge in [0, 0.05) is 13.7 Å². The van der Waals surface area contributed by atoms with E-state index in [2.05, 4.69) is 4.98 Å². The molecule has 1 atom stereocenters. The van der Waals surface area contributed by atoms with E-state index in [-0.39, 0.29) is 11.7 Å². The highest BCUT2D eigenvalue weighted by Gasteiger charge is 2.21. The Morgan fingerprint density at radius 2 is 2.32 bits per heavy atom. The summed E-state index contributed by atoms with van der Waals surface area (Å²) >= 11 is 0. The van der Waals surface area contributed by atoms with Crippen molar-refractivity contribution >= 4 is 17.0 Å². The van der Waals surface area contributed by atoms with Crippen LogP contribution in [0.3, 0.4) is 0 Å². The van der Waals surface area contributed by atoms with E-state index in [0.717, 1.165) is 18.5 Å². The number of aromatic carboxylic acids is 1. The third-order valence-corrected chi connectivity index (χ3v) is 3.68. The Labute approximate surface area is 127 Å². The van der Waals surface area contributed by atoms with Gasteiger partial charge in [-0.3, -0.25) is 0 Å². The van der Waals surface area contributed by atoms with Crippen LogP contribution in [0.25, 0.3) is 11.0 Å². The maximum absolute atomic E-state index is 11.3. The molecular weight excluding hydrogens is 288 g/mol. The largest absolute Gasteiger partial charge is 0.489 e. The number of methoxy groups -OCH3 is 1. The lowest BCUT2D eigenvalue weighted by molar-refractivity contribution is -0.0586. The second-order valence-corrected chi connectivity index (χ2v) is 5.17. The van der Waals surface area contributed by atoms with Crippen molar-refractivity contribution in [3.05, 3.63) is 24.0 Å². The number of carboxylic acids is 1. The van der Waals surface area contributed by atoms with Gasteiger partial charge in [-0.05, 0) is 18.6 Å². The highest BCUT2D eigenvalue weighted by Crippen LogP contribution is 2.28. The van der Waals surface area contributed by atoms with Crippen LogP contribution in [0, 0.1) is 0 Å². The fraction of sp³-hybridized carbons (Fsp3) is 0.467. The highest BCUT2D eigenvalue weighted by atomic mass is 16.5. The van der Waals surface area contributed by atoms with Crippen molar-refractivity contribution in [2.45, 2.75) is 19.1 Å². The normalized spacial score (nSPS) is 17.4. The minimum atomic E-state index is -0.994. The summed E-state index contributed by atoms with van der Waals surface area (Å²) in [6.45, 7) is 2.21. The zero-order valence-electron chi connectivity index (χ0n) is 12.3. The molecule has 0 bridgehead atoms. The van der Waals surface area contributed by atoms with Gasteiger partial charge in [0.05, 0.1) is 36.7 Å². The monoisotopic (exact) mass is 306 g/mol. The molecule has 7 heteroatoms. The molecule has 1 aromatic carbocycles. The summed E-state index contributed by atoms with van der Waals surface area (Å²) in [5.41, 5.74) is 1.57. The average Bonchev–Trinajstić information content (AvgIpc) is 2.86. The lowest BCUT2D eigenvalue weighted by atomic mass is 10.1. The molecule has 0 spiro atoms. The van der Waals surface area contributed by atoms with Crippen LogP contribution in [0.15, 0.2) is 18.5 Å². The van der Waals surface area contributed by atoms with Crippen LogP contribution in [0.2, 0.25) is 0 Å². The van der Waals surface area contributed by atoms with Gasteiger partial charge < -0.3 is 23.9 Å². The number of hydrogen-bond acceptors (Lipinski definition) is 5. The number of rotatable bonds is 7. The molecule has 1 aromatic heterocycles. The van der Waals surface area contributed by atoms with E-state index in [9.17, 15) is 9.90 Å². The maximum atomic E-state index is 11.3. The van der Waals surface area contributed by atoms with Crippen LogP contribution in [-0.2, 0) is 16.0 Å². The third-order valence-electron chi connectivity index (χ3n) is 3.68. The maximum Gasteiger partial charge on any atom is 0.335 e. The summed E-state index contributed by atoms with van der Waals surface area (Å²) in [5, 5.41) is 9.27. The van der Waals surface area contributed by atoms with Gasteiger partial charge in [-0.2, -0.15) is 0 Å². The van der Waals surface area contributed by atoms with E-state index in [0.29, 0.717) is 31.0 Å². The zero-order chi connectivity index (χ0) is 15.5. The molecule has 7 nitrogen and oxygen atoms in total. The Hall–Kier alpha value is -2.12. The number of carboxylic acid groups (broad SMARTS) is 1. The highest BCUT2D eigenvalue weighted by molar-refractivity contribution is 5.95. The number of hydrogen-bond donors (Lipinski definition) is 1. The molecule has 1 N–H and O–H groups in total. The summed E-state index contributed by atoms with van der Waals surface area (Å²) in [4.78, 5) is 15.7. The molecule has 0 saturated carbocycles. The Kier molecular flexibility index (Phi) is 4.26. The van der Waals surface area contributed by atoms with Crippen LogP contribution in [0.4, 0.5) is 0 Å². The Morgan fingerprint density at radius 1 is 1.50 bits per heavy atom. The van der Waals surface area contributed by atoms with Crippen LogP contribution in [0.5, 0.6) is 5.75 Å². The van der Waals surface area contributed by atoms with Gasteiger partial charge in [0.2, 0.25) is 0 Å². The average molecular weight is 306 g/mol. The molecule has 3 rings (SSSR count). The fourth-order valence-corrected chi connectivity index (χ4v) is 2.39. The molecule has 1 unspecified atom stereocenters. The van der Waals surface area contributed by atoms with Crippen LogP contribution in [-0.4, -0.2) is 53.7 Å². The van der Waals surface area contributed by atoms with Crippen molar-refractivity contribution in [1.29, 1.82) is 0 Å². The first kappa shape index (κ1) is 14.8. The molecule has 1 saturated heterocycles. The van der Waals surface area contributed by atoms with E-state index >= 15 is 0 Å². The number of carbonyl (C=O) groups is 1.